The number of hydrogen-bond donors (Lipinski definition) is 2. The van der Waals surface area contributed by atoms with Crippen LogP contribution in [0.4, 0.5) is 0 Å². The second kappa shape index (κ2) is 4.85. The predicted molar refractivity (Wildman–Crippen MR) is 61.0 cm³/mol. The summed E-state index contributed by atoms with van der Waals surface area (Å²) in [5.74, 6) is -1.04. The molecule has 4 heteroatoms. The zero-order chi connectivity index (χ0) is 12.3. The van der Waals surface area contributed by atoms with Gasteiger partial charge in [0, 0.05) is 5.92 Å². The second-order valence-corrected chi connectivity index (χ2v) is 5.29. The molecule has 0 aromatic rings. The van der Waals surface area contributed by atoms with Gasteiger partial charge >= 0.3 is 5.97 Å². The zero-order valence-corrected chi connectivity index (χ0v) is 10.2. The summed E-state index contributed by atoms with van der Waals surface area (Å²) in [6.45, 7) is 6.06. The van der Waals surface area contributed by atoms with E-state index in [1.807, 2.05) is 20.8 Å². The van der Waals surface area contributed by atoms with Gasteiger partial charge in [0.1, 0.15) is 6.04 Å². The summed E-state index contributed by atoms with van der Waals surface area (Å²) in [5, 5.41) is 11.6. The molecule has 0 spiro atoms. The highest BCUT2D eigenvalue weighted by atomic mass is 16.4. The number of carbonyl (C=O) groups is 2. The van der Waals surface area contributed by atoms with E-state index >= 15 is 0 Å². The normalized spacial score (nSPS) is 23.6. The first-order chi connectivity index (χ1) is 7.38. The number of carbonyl (C=O) groups excluding carboxylic acids is 1. The lowest BCUT2D eigenvalue weighted by molar-refractivity contribution is -0.142. The Morgan fingerprint density at radius 3 is 2.44 bits per heavy atom. The molecule has 0 radical (unpaired) electrons. The van der Waals surface area contributed by atoms with Crippen molar-refractivity contribution in [3.05, 3.63) is 0 Å². The van der Waals surface area contributed by atoms with Gasteiger partial charge in [0.05, 0.1) is 0 Å². The van der Waals surface area contributed by atoms with Gasteiger partial charge in [0.2, 0.25) is 5.91 Å². The van der Waals surface area contributed by atoms with E-state index in [1.165, 1.54) is 0 Å². The molecule has 0 aromatic heterocycles. The highest BCUT2D eigenvalue weighted by Crippen LogP contribution is 2.51. The molecule has 4 nitrogen and oxygen atoms in total. The Morgan fingerprint density at radius 1 is 1.50 bits per heavy atom. The summed E-state index contributed by atoms with van der Waals surface area (Å²) in [6.07, 6.45) is 3.14. The molecule has 1 amide bonds. The summed E-state index contributed by atoms with van der Waals surface area (Å²) in [5.41, 5.74) is 0.0535. The van der Waals surface area contributed by atoms with Crippen molar-refractivity contribution in [2.75, 3.05) is 0 Å². The van der Waals surface area contributed by atoms with E-state index in [2.05, 4.69) is 5.32 Å². The van der Waals surface area contributed by atoms with E-state index in [1.54, 1.807) is 0 Å². The van der Waals surface area contributed by atoms with Gasteiger partial charge in [-0.25, -0.2) is 4.79 Å². The van der Waals surface area contributed by atoms with Crippen LogP contribution in [0.5, 0.6) is 0 Å². The van der Waals surface area contributed by atoms with Gasteiger partial charge in [-0.1, -0.05) is 33.6 Å². The fraction of sp³-hybridized carbons (Fsp3) is 0.833. The van der Waals surface area contributed by atoms with Crippen LogP contribution < -0.4 is 5.32 Å². The number of amides is 1. The molecule has 2 N–H and O–H groups in total. The first-order valence-corrected chi connectivity index (χ1v) is 5.91. The van der Waals surface area contributed by atoms with Gasteiger partial charge < -0.3 is 10.4 Å². The van der Waals surface area contributed by atoms with E-state index in [0.717, 1.165) is 19.3 Å². The van der Waals surface area contributed by atoms with Crippen molar-refractivity contribution in [3.63, 3.8) is 0 Å². The number of rotatable bonds is 6. The predicted octanol–water partition coefficient (Wildman–Crippen LogP) is 1.79. The summed E-state index contributed by atoms with van der Waals surface area (Å²) in [7, 11) is 0. The third-order valence-electron chi connectivity index (χ3n) is 3.29. The second-order valence-electron chi connectivity index (χ2n) is 5.29. The van der Waals surface area contributed by atoms with Gasteiger partial charge in [0.25, 0.3) is 0 Å². The van der Waals surface area contributed by atoms with Crippen LogP contribution in [-0.4, -0.2) is 23.0 Å². The molecule has 0 heterocycles. The third-order valence-corrected chi connectivity index (χ3v) is 3.29. The topological polar surface area (TPSA) is 66.4 Å². The van der Waals surface area contributed by atoms with Crippen molar-refractivity contribution in [2.45, 2.75) is 52.5 Å². The van der Waals surface area contributed by atoms with Crippen LogP contribution in [0.2, 0.25) is 0 Å². The summed E-state index contributed by atoms with van der Waals surface area (Å²) in [4.78, 5) is 22.7. The van der Waals surface area contributed by atoms with Crippen LogP contribution in [0.1, 0.15) is 46.5 Å². The van der Waals surface area contributed by atoms with Crippen LogP contribution in [0.3, 0.4) is 0 Å². The number of aliphatic carboxylic acids is 1. The molecule has 0 aromatic carbocycles. The third kappa shape index (κ3) is 3.22. The molecular formula is C12H21NO3. The maximum atomic E-state index is 11.7. The highest BCUT2D eigenvalue weighted by molar-refractivity contribution is 5.87. The Kier molecular flexibility index (Phi) is 3.94. The molecule has 1 aliphatic rings. The molecule has 1 aliphatic carbocycles. The average molecular weight is 227 g/mol. The molecule has 16 heavy (non-hydrogen) atoms. The lowest BCUT2D eigenvalue weighted by Gasteiger charge is -2.14. The first-order valence-electron chi connectivity index (χ1n) is 5.91. The maximum absolute atomic E-state index is 11.7. The van der Waals surface area contributed by atoms with Gasteiger partial charge in [-0.3, -0.25) is 4.79 Å². The molecule has 1 saturated carbocycles. The summed E-state index contributed by atoms with van der Waals surface area (Å²) >= 11 is 0. The van der Waals surface area contributed by atoms with Crippen LogP contribution >= 0.6 is 0 Å². The molecule has 2 unspecified atom stereocenters. The van der Waals surface area contributed by atoms with Crippen molar-refractivity contribution in [3.8, 4) is 0 Å². The van der Waals surface area contributed by atoms with Gasteiger partial charge in [-0.15, -0.1) is 0 Å². The van der Waals surface area contributed by atoms with E-state index in [0.29, 0.717) is 6.42 Å². The number of nitrogens with one attached hydrogen (secondary N) is 1. The molecule has 0 saturated heterocycles. The molecule has 0 aliphatic heterocycles. The fourth-order valence-electron chi connectivity index (χ4n) is 1.85. The van der Waals surface area contributed by atoms with Crippen molar-refractivity contribution < 1.29 is 14.7 Å². The number of unbranched alkanes of at least 4 members (excludes halogenated alkanes) is 1. The van der Waals surface area contributed by atoms with E-state index in [9.17, 15) is 9.59 Å². The molecular weight excluding hydrogens is 206 g/mol. The van der Waals surface area contributed by atoms with Crippen molar-refractivity contribution >= 4 is 11.9 Å². The minimum absolute atomic E-state index is 0.00373. The molecule has 1 rings (SSSR count). The lowest BCUT2D eigenvalue weighted by Crippen LogP contribution is -2.42. The van der Waals surface area contributed by atoms with E-state index < -0.39 is 12.0 Å². The Labute approximate surface area is 96.4 Å². The molecule has 2 atom stereocenters. The Hall–Kier alpha value is -1.06. The van der Waals surface area contributed by atoms with Crippen LogP contribution in [0, 0.1) is 11.3 Å². The minimum Gasteiger partial charge on any atom is -0.480 e. The standard InChI is InChI=1S/C12H21NO3/c1-4-5-6-9(11(15)16)13-10(14)8-7-12(8,2)3/h8-9H,4-7H2,1-3H3,(H,13,14)(H,15,16). The van der Waals surface area contributed by atoms with Crippen LogP contribution in [0.25, 0.3) is 0 Å². The van der Waals surface area contributed by atoms with Crippen LogP contribution in [-0.2, 0) is 9.59 Å². The Balaban J connectivity index is 2.43. The summed E-state index contributed by atoms with van der Waals surface area (Å²) in [6, 6.07) is -0.719. The van der Waals surface area contributed by atoms with E-state index in [4.69, 9.17) is 5.11 Å². The first kappa shape index (κ1) is 13.0. The fourth-order valence-corrected chi connectivity index (χ4v) is 1.85. The van der Waals surface area contributed by atoms with Crippen molar-refractivity contribution in [2.24, 2.45) is 11.3 Å². The molecule has 92 valence electrons. The molecule has 0 bridgehead atoms. The molecule has 1 fully saturated rings. The average Bonchev–Trinajstić information content (AvgIpc) is 2.81. The smallest absolute Gasteiger partial charge is 0.326 e. The minimum atomic E-state index is -0.930. The van der Waals surface area contributed by atoms with Crippen molar-refractivity contribution in [1.29, 1.82) is 0 Å². The van der Waals surface area contributed by atoms with Gasteiger partial charge in [-0.2, -0.15) is 0 Å². The van der Waals surface area contributed by atoms with Gasteiger partial charge in [0.15, 0.2) is 0 Å². The quantitative estimate of drug-likeness (QED) is 0.727. The number of carboxylic acid groups (broad SMARTS) is 1. The maximum Gasteiger partial charge on any atom is 0.326 e. The van der Waals surface area contributed by atoms with Crippen LogP contribution in [0.15, 0.2) is 0 Å². The zero-order valence-electron chi connectivity index (χ0n) is 10.2. The van der Waals surface area contributed by atoms with Gasteiger partial charge in [-0.05, 0) is 18.3 Å². The summed E-state index contributed by atoms with van der Waals surface area (Å²) < 4.78 is 0. The van der Waals surface area contributed by atoms with Crippen molar-refractivity contribution in [1.82, 2.24) is 5.32 Å². The monoisotopic (exact) mass is 227 g/mol. The Bertz CT molecular complexity index is 286. The highest BCUT2D eigenvalue weighted by Gasteiger charge is 2.51. The van der Waals surface area contributed by atoms with E-state index in [-0.39, 0.29) is 17.2 Å². The SMILES string of the molecule is CCCCC(NC(=O)C1CC1(C)C)C(=O)O. The lowest BCUT2D eigenvalue weighted by atomic mass is 10.1. The number of hydrogen-bond acceptors (Lipinski definition) is 2. The largest absolute Gasteiger partial charge is 0.480 e. The number of carboxylic acids is 1. The Morgan fingerprint density at radius 2 is 2.06 bits per heavy atom.